The number of hydrogen-bond acceptors (Lipinski definition) is 5. The maximum absolute atomic E-state index is 5.77. The van der Waals surface area contributed by atoms with E-state index in [1.54, 1.807) is 0 Å². The molecule has 29 heavy (non-hydrogen) atoms. The van der Waals surface area contributed by atoms with Gasteiger partial charge in [0.1, 0.15) is 36.9 Å². The second kappa shape index (κ2) is 8.10. The lowest BCUT2D eigenvalue weighted by atomic mass is 10.1. The number of hydrogen-bond donors (Lipinski definition) is 1. The van der Waals surface area contributed by atoms with Crippen molar-refractivity contribution in [1.82, 2.24) is 10.2 Å². The highest BCUT2D eigenvalue weighted by Crippen LogP contribution is 2.34. The summed E-state index contributed by atoms with van der Waals surface area (Å²) >= 11 is 7.16. The summed E-state index contributed by atoms with van der Waals surface area (Å²) in [5.41, 5.74) is 3.81. The number of ether oxygens (including phenoxy) is 4. The van der Waals surface area contributed by atoms with Crippen LogP contribution in [0.1, 0.15) is 0 Å². The van der Waals surface area contributed by atoms with Gasteiger partial charge in [0.2, 0.25) is 0 Å². The molecule has 1 N–H and O–H groups in total. The number of halogens is 2. The van der Waals surface area contributed by atoms with Crippen molar-refractivity contribution in [3.63, 3.8) is 0 Å². The lowest BCUT2D eigenvalue weighted by Gasteiger charge is -2.08. The fraction of sp³-hybridized carbons (Fsp3) is 0.286. The van der Waals surface area contributed by atoms with Crippen LogP contribution in [0.5, 0.6) is 11.5 Å². The van der Waals surface area contributed by atoms with Crippen molar-refractivity contribution >= 4 is 31.9 Å². The number of aromatic amines is 1. The van der Waals surface area contributed by atoms with Crippen LogP contribution in [-0.4, -0.2) is 48.8 Å². The molecule has 0 spiro atoms. The Kier molecular flexibility index (Phi) is 5.34. The molecule has 2 atom stereocenters. The van der Waals surface area contributed by atoms with E-state index in [1.165, 1.54) is 0 Å². The zero-order chi connectivity index (χ0) is 19.8. The van der Waals surface area contributed by atoms with Crippen LogP contribution in [0.4, 0.5) is 0 Å². The van der Waals surface area contributed by atoms with Gasteiger partial charge in [-0.25, -0.2) is 0 Å². The van der Waals surface area contributed by atoms with Gasteiger partial charge in [0, 0.05) is 11.1 Å². The summed E-state index contributed by atoms with van der Waals surface area (Å²) in [5.74, 6) is 1.61. The van der Waals surface area contributed by atoms with Gasteiger partial charge in [-0.3, -0.25) is 5.10 Å². The minimum atomic E-state index is 0.230. The molecule has 0 amide bonds. The van der Waals surface area contributed by atoms with E-state index in [2.05, 4.69) is 42.1 Å². The van der Waals surface area contributed by atoms with Gasteiger partial charge in [-0.15, -0.1) is 0 Å². The van der Waals surface area contributed by atoms with Gasteiger partial charge < -0.3 is 18.9 Å². The van der Waals surface area contributed by atoms with Crippen LogP contribution in [0.3, 0.4) is 0 Å². The van der Waals surface area contributed by atoms with E-state index < -0.39 is 0 Å². The fourth-order valence-electron chi connectivity index (χ4n) is 2.87. The van der Waals surface area contributed by atoms with Gasteiger partial charge in [0.25, 0.3) is 0 Å². The van der Waals surface area contributed by atoms with Crippen molar-refractivity contribution in [2.24, 2.45) is 0 Å². The minimum absolute atomic E-state index is 0.230. The standard InChI is InChI=1S/C21H18Br2N2O4/c22-16-5-12(1-3-20(16)28-10-14-8-26-14)18-7-19(25-24-18)13-2-4-21(17(23)6-13)29-11-15-9-27-15/h1-7,14-15H,8-11H2,(H,24,25). The summed E-state index contributed by atoms with van der Waals surface area (Å²) in [6, 6.07) is 14.0. The highest BCUT2D eigenvalue weighted by Gasteiger charge is 2.24. The van der Waals surface area contributed by atoms with Gasteiger partial charge >= 0.3 is 0 Å². The molecule has 1 aromatic heterocycles. The van der Waals surface area contributed by atoms with Gasteiger partial charge in [0.15, 0.2) is 0 Å². The Morgan fingerprint density at radius 3 is 1.97 bits per heavy atom. The normalized spacial score (nSPS) is 19.8. The number of epoxide rings is 2. The molecule has 2 aliphatic rings. The predicted octanol–water partition coefficient (Wildman–Crippen LogP) is 4.82. The van der Waals surface area contributed by atoms with Gasteiger partial charge in [-0.2, -0.15) is 5.10 Å². The Balaban J connectivity index is 1.30. The lowest BCUT2D eigenvalue weighted by Crippen LogP contribution is -2.04. The van der Waals surface area contributed by atoms with E-state index in [1.807, 2.05) is 42.5 Å². The second-order valence-corrected chi connectivity index (χ2v) is 8.70. The molecule has 3 aromatic rings. The summed E-state index contributed by atoms with van der Waals surface area (Å²) in [6.45, 7) is 2.72. The maximum Gasteiger partial charge on any atom is 0.133 e. The molecule has 6 nitrogen and oxygen atoms in total. The van der Waals surface area contributed by atoms with Crippen molar-refractivity contribution in [1.29, 1.82) is 0 Å². The number of aromatic nitrogens is 2. The molecule has 0 saturated carbocycles. The molecule has 0 bridgehead atoms. The van der Waals surface area contributed by atoms with E-state index in [0.717, 1.165) is 56.2 Å². The molecule has 2 saturated heterocycles. The van der Waals surface area contributed by atoms with Crippen LogP contribution in [0.15, 0.2) is 51.4 Å². The van der Waals surface area contributed by atoms with Gasteiger partial charge in [-0.05, 0) is 74.3 Å². The van der Waals surface area contributed by atoms with Crippen molar-refractivity contribution in [3.05, 3.63) is 51.4 Å². The molecule has 2 aromatic carbocycles. The quantitative estimate of drug-likeness (QED) is 0.430. The van der Waals surface area contributed by atoms with E-state index >= 15 is 0 Å². The topological polar surface area (TPSA) is 72.2 Å². The third-order valence-electron chi connectivity index (χ3n) is 4.70. The van der Waals surface area contributed by atoms with Crippen LogP contribution in [0, 0.1) is 0 Å². The zero-order valence-electron chi connectivity index (χ0n) is 15.4. The van der Waals surface area contributed by atoms with Crippen molar-refractivity contribution < 1.29 is 18.9 Å². The zero-order valence-corrected chi connectivity index (χ0v) is 18.5. The van der Waals surface area contributed by atoms with Gasteiger partial charge in [-0.1, -0.05) is 0 Å². The molecule has 2 aliphatic heterocycles. The summed E-state index contributed by atoms with van der Waals surface area (Å²) in [5, 5.41) is 7.58. The molecule has 0 radical (unpaired) electrons. The van der Waals surface area contributed by atoms with Gasteiger partial charge in [0.05, 0.1) is 33.5 Å². The summed E-state index contributed by atoms with van der Waals surface area (Å²) < 4.78 is 23.7. The first-order valence-corrected chi connectivity index (χ1v) is 10.9. The molecule has 0 aliphatic carbocycles. The van der Waals surface area contributed by atoms with Crippen LogP contribution in [0.25, 0.3) is 22.5 Å². The largest absolute Gasteiger partial charge is 0.490 e. The Morgan fingerprint density at radius 1 is 0.862 bits per heavy atom. The minimum Gasteiger partial charge on any atom is -0.490 e. The van der Waals surface area contributed by atoms with Crippen molar-refractivity contribution in [2.45, 2.75) is 12.2 Å². The molecule has 5 rings (SSSR count). The maximum atomic E-state index is 5.77. The third kappa shape index (κ3) is 4.66. The van der Waals surface area contributed by atoms with Crippen LogP contribution in [0.2, 0.25) is 0 Å². The Bertz CT molecular complexity index is 951. The Labute approximate surface area is 184 Å². The lowest BCUT2D eigenvalue weighted by molar-refractivity contribution is 0.262. The first-order chi connectivity index (χ1) is 14.2. The average molecular weight is 522 g/mol. The molecule has 2 unspecified atom stereocenters. The average Bonchev–Trinajstić information content (AvgIpc) is 3.65. The Morgan fingerprint density at radius 2 is 1.41 bits per heavy atom. The summed E-state index contributed by atoms with van der Waals surface area (Å²) in [6.07, 6.45) is 0.462. The van der Waals surface area contributed by atoms with E-state index in [4.69, 9.17) is 18.9 Å². The smallest absolute Gasteiger partial charge is 0.133 e. The van der Waals surface area contributed by atoms with E-state index in [0.29, 0.717) is 13.2 Å². The highest BCUT2D eigenvalue weighted by molar-refractivity contribution is 9.10. The van der Waals surface area contributed by atoms with E-state index in [9.17, 15) is 0 Å². The molecular formula is C21H18Br2N2O4. The monoisotopic (exact) mass is 520 g/mol. The number of benzene rings is 2. The number of H-pyrrole nitrogens is 1. The third-order valence-corrected chi connectivity index (χ3v) is 5.94. The summed E-state index contributed by atoms with van der Waals surface area (Å²) in [7, 11) is 0. The molecule has 150 valence electrons. The second-order valence-electron chi connectivity index (χ2n) is 6.99. The highest BCUT2D eigenvalue weighted by atomic mass is 79.9. The number of nitrogens with one attached hydrogen (secondary N) is 1. The van der Waals surface area contributed by atoms with Crippen molar-refractivity contribution in [3.8, 4) is 34.0 Å². The first kappa shape index (κ1) is 19.1. The van der Waals surface area contributed by atoms with Crippen LogP contribution >= 0.6 is 31.9 Å². The number of rotatable bonds is 8. The number of nitrogens with zero attached hydrogens (tertiary/aromatic N) is 1. The molecule has 8 heteroatoms. The van der Waals surface area contributed by atoms with Crippen LogP contribution < -0.4 is 9.47 Å². The molecular weight excluding hydrogens is 504 g/mol. The molecule has 3 heterocycles. The predicted molar refractivity (Wildman–Crippen MR) is 115 cm³/mol. The van der Waals surface area contributed by atoms with Crippen molar-refractivity contribution in [2.75, 3.05) is 26.4 Å². The summed E-state index contributed by atoms with van der Waals surface area (Å²) in [4.78, 5) is 0. The van der Waals surface area contributed by atoms with E-state index in [-0.39, 0.29) is 12.2 Å². The SMILES string of the molecule is Brc1cc(-c2cc(-c3ccc(OCC4CO4)c(Br)c3)[nH]n2)ccc1OCC1CO1. The van der Waals surface area contributed by atoms with Crippen LogP contribution in [-0.2, 0) is 9.47 Å². The molecule has 2 fully saturated rings. The Hall–Kier alpha value is -1.87. The fourth-order valence-corrected chi connectivity index (χ4v) is 3.86. The first-order valence-electron chi connectivity index (χ1n) is 9.30.